The number of hydrogen-bond acceptors (Lipinski definition) is 7. The molecule has 2 heterocycles. The van der Waals surface area contributed by atoms with Crippen LogP contribution in [0.3, 0.4) is 0 Å². The number of hydrogen-bond donors (Lipinski definition) is 1. The summed E-state index contributed by atoms with van der Waals surface area (Å²) in [5, 5.41) is 11.6. The van der Waals surface area contributed by atoms with E-state index in [-0.39, 0.29) is 0 Å². The number of aliphatic imine (C=N–C) groups is 1. The molecule has 1 N–H and O–H groups in total. The topological polar surface area (TPSA) is 89.3 Å². The van der Waals surface area contributed by atoms with Crippen molar-refractivity contribution in [1.82, 2.24) is 29.9 Å². The minimum atomic E-state index is 0.516. The van der Waals surface area contributed by atoms with Crippen LogP contribution in [-0.4, -0.2) is 84.6 Å². The Labute approximate surface area is 190 Å². The minimum Gasteiger partial charge on any atom is -0.493 e. The van der Waals surface area contributed by atoms with Crippen molar-refractivity contribution in [3.63, 3.8) is 0 Å². The third-order valence-electron chi connectivity index (χ3n) is 5.54. The van der Waals surface area contributed by atoms with Gasteiger partial charge >= 0.3 is 0 Å². The van der Waals surface area contributed by atoms with E-state index in [9.17, 15) is 0 Å². The van der Waals surface area contributed by atoms with Gasteiger partial charge in [-0.3, -0.25) is 4.90 Å². The lowest BCUT2D eigenvalue weighted by molar-refractivity contribution is 0.172. The Hall–Kier alpha value is -3.01. The maximum atomic E-state index is 5.49. The minimum absolute atomic E-state index is 0.516. The van der Waals surface area contributed by atoms with Gasteiger partial charge in [-0.05, 0) is 31.5 Å². The number of aryl methyl sites for hydroxylation is 1. The van der Waals surface area contributed by atoms with E-state index >= 15 is 0 Å². The largest absolute Gasteiger partial charge is 0.493 e. The molecular weight excluding hydrogens is 410 g/mol. The van der Waals surface area contributed by atoms with Crippen molar-refractivity contribution in [2.24, 2.45) is 4.99 Å². The highest BCUT2D eigenvalue weighted by atomic mass is 16.5. The van der Waals surface area contributed by atoms with E-state index in [4.69, 9.17) is 19.2 Å². The average Bonchev–Trinajstić information content (AvgIpc) is 3.29. The Kier molecular flexibility index (Phi) is 8.55. The lowest BCUT2D eigenvalue weighted by atomic mass is 10.1. The fourth-order valence-electron chi connectivity index (χ4n) is 3.84. The van der Waals surface area contributed by atoms with Crippen LogP contribution in [0, 0.1) is 0 Å². The number of methoxy groups -OCH3 is 3. The Morgan fingerprint density at radius 1 is 1.03 bits per heavy atom. The van der Waals surface area contributed by atoms with Crippen LogP contribution in [0.25, 0.3) is 0 Å². The highest BCUT2D eigenvalue weighted by molar-refractivity contribution is 5.80. The summed E-state index contributed by atoms with van der Waals surface area (Å²) in [5.74, 6) is 3.78. The molecule has 0 saturated carbocycles. The maximum absolute atomic E-state index is 5.49. The molecule has 10 nitrogen and oxygen atoms in total. The number of piperazine rings is 1. The Morgan fingerprint density at radius 3 is 2.28 bits per heavy atom. The van der Waals surface area contributed by atoms with Crippen molar-refractivity contribution in [2.45, 2.75) is 33.5 Å². The molecule has 32 heavy (non-hydrogen) atoms. The van der Waals surface area contributed by atoms with E-state index in [2.05, 4.69) is 39.2 Å². The summed E-state index contributed by atoms with van der Waals surface area (Å²) in [5.41, 5.74) is 1.13. The van der Waals surface area contributed by atoms with Crippen LogP contribution in [0.2, 0.25) is 0 Å². The number of guanidine groups is 1. The molecule has 1 aromatic heterocycles. The van der Waals surface area contributed by atoms with Crippen molar-refractivity contribution in [3.05, 3.63) is 29.8 Å². The van der Waals surface area contributed by atoms with Crippen LogP contribution in [-0.2, 0) is 19.6 Å². The summed E-state index contributed by atoms with van der Waals surface area (Å²) in [6.07, 6.45) is 1.75. The second-order valence-electron chi connectivity index (χ2n) is 7.50. The first kappa shape index (κ1) is 23.6. The van der Waals surface area contributed by atoms with Gasteiger partial charge in [0.05, 0.1) is 21.3 Å². The molecule has 1 aliphatic heterocycles. The molecule has 1 fully saturated rings. The summed E-state index contributed by atoms with van der Waals surface area (Å²) < 4.78 is 18.4. The van der Waals surface area contributed by atoms with E-state index in [0.717, 1.165) is 63.2 Å². The summed E-state index contributed by atoms with van der Waals surface area (Å²) in [4.78, 5) is 9.54. The monoisotopic (exact) mass is 445 g/mol. The van der Waals surface area contributed by atoms with E-state index in [1.807, 2.05) is 16.7 Å². The lowest BCUT2D eigenvalue weighted by Crippen LogP contribution is -2.52. The summed E-state index contributed by atoms with van der Waals surface area (Å²) in [6.45, 7) is 10.8. The molecule has 10 heteroatoms. The van der Waals surface area contributed by atoms with Gasteiger partial charge in [-0.15, -0.1) is 10.2 Å². The van der Waals surface area contributed by atoms with Gasteiger partial charge in [0.25, 0.3) is 0 Å². The van der Waals surface area contributed by atoms with Gasteiger partial charge in [0, 0.05) is 45.8 Å². The molecule has 176 valence electrons. The predicted octanol–water partition coefficient (Wildman–Crippen LogP) is 1.61. The first-order valence-corrected chi connectivity index (χ1v) is 11.0. The summed E-state index contributed by atoms with van der Waals surface area (Å²) in [7, 11) is 4.91. The van der Waals surface area contributed by atoms with Gasteiger partial charge in [-0.25, -0.2) is 4.99 Å². The predicted molar refractivity (Wildman–Crippen MR) is 123 cm³/mol. The van der Waals surface area contributed by atoms with Crippen LogP contribution in [0.5, 0.6) is 17.2 Å². The quantitative estimate of drug-likeness (QED) is 0.460. The Balaban J connectivity index is 1.62. The van der Waals surface area contributed by atoms with E-state index in [0.29, 0.717) is 23.8 Å². The van der Waals surface area contributed by atoms with Crippen molar-refractivity contribution >= 4 is 5.96 Å². The molecule has 3 rings (SSSR count). The first-order chi connectivity index (χ1) is 15.6. The molecule has 0 amide bonds. The average molecular weight is 446 g/mol. The SMILES string of the molecule is CCNC(=NCc1nncn1CC)N1CCN(Cc2cc(OC)c(OC)c(OC)c2)CC1. The van der Waals surface area contributed by atoms with Gasteiger partial charge in [-0.1, -0.05) is 0 Å². The number of nitrogens with one attached hydrogen (secondary N) is 1. The van der Waals surface area contributed by atoms with Crippen LogP contribution in [0.4, 0.5) is 0 Å². The second-order valence-corrected chi connectivity index (χ2v) is 7.50. The molecule has 2 aromatic rings. The summed E-state index contributed by atoms with van der Waals surface area (Å²) >= 11 is 0. The number of rotatable bonds is 9. The molecule has 0 bridgehead atoms. The molecule has 1 aromatic carbocycles. The van der Waals surface area contributed by atoms with Crippen molar-refractivity contribution in [3.8, 4) is 17.2 Å². The Bertz CT molecular complexity index is 866. The second kappa shape index (κ2) is 11.6. The standard InChI is InChI=1S/C22H35N7O3/c1-6-23-22(24-14-20-26-25-16-28(20)7-2)29-10-8-27(9-11-29)15-17-12-18(30-3)21(32-5)19(13-17)31-4/h12-13,16H,6-11,14-15H2,1-5H3,(H,23,24). The zero-order valence-electron chi connectivity index (χ0n) is 19.8. The number of benzene rings is 1. The maximum Gasteiger partial charge on any atom is 0.203 e. The number of nitrogens with zero attached hydrogens (tertiary/aromatic N) is 6. The van der Waals surface area contributed by atoms with Gasteiger partial charge in [-0.2, -0.15) is 0 Å². The zero-order valence-corrected chi connectivity index (χ0v) is 19.8. The third kappa shape index (κ3) is 5.61. The van der Waals surface area contributed by atoms with Crippen molar-refractivity contribution in [2.75, 3.05) is 54.1 Å². The van der Waals surface area contributed by atoms with Crippen molar-refractivity contribution < 1.29 is 14.2 Å². The van der Waals surface area contributed by atoms with E-state index in [1.165, 1.54) is 0 Å². The van der Waals surface area contributed by atoms with E-state index < -0.39 is 0 Å². The normalized spacial score (nSPS) is 15.0. The van der Waals surface area contributed by atoms with Gasteiger partial charge in [0.2, 0.25) is 5.75 Å². The highest BCUT2D eigenvalue weighted by Gasteiger charge is 2.21. The first-order valence-electron chi connectivity index (χ1n) is 11.0. The fraction of sp³-hybridized carbons (Fsp3) is 0.591. The molecule has 0 unspecified atom stereocenters. The van der Waals surface area contributed by atoms with Crippen LogP contribution < -0.4 is 19.5 Å². The van der Waals surface area contributed by atoms with Gasteiger partial charge in [0.15, 0.2) is 23.3 Å². The molecule has 0 aliphatic carbocycles. The lowest BCUT2D eigenvalue weighted by Gasteiger charge is -2.36. The zero-order chi connectivity index (χ0) is 22.9. The van der Waals surface area contributed by atoms with Crippen LogP contribution >= 0.6 is 0 Å². The summed E-state index contributed by atoms with van der Waals surface area (Å²) in [6, 6.07) is 4.03. The number of aromatic nitrogens is 3. The van der Waals surface area contributed by atoms with E-state index in [1.54, 1.807) is 27.7 Å². The third-order valence-corrected chi connectivity index (χ3v) is 5.54. The van der Waals surface area contributed by atoms with Gasteiger partial charge in [0.1, 0.15) is 12.9 Å². The molecule has 0 atom stereocenters. The van der Waals surface area contributed by atoms with Crippen molar-refractivity contribution in [1.29, 1.82) is 0 Å². The van der Waals surface area contributed by atoms with Crippen LogP contribution in [0.1, 0.15) is 25.2 Å². The Morgan fingerprint density at radius 2 is 1.72 bits per heavy atom. The molecule has 1 aliphatic rings. The fourth-order valence-corrected chi connectivity index (χ4v) is 3.84. The molecule has 0 radical (unpaired) electrons. The number of ether oxygens (including phenoxy) is 3. The van der Waals surface area contributed by atoms with Crippen LogP contribution in [0.15, 0.2) is 23.5 Å². The molecule has 1 saturated heterocycles. The smallest absolute Gasteiger partial charge is 0.203 e. The molecule has 0 spiro atoms. The molecular formula is C22H35N7O3. The highest BCUT2D eigenvalue weighted by Crippen LogP contribution is 2.38. The van der Waals surface area contributed by atoms with Gasteiger partial charge < -0.3 is 29.0 Å².